The van der Waals surface area contributed by atoms with Crippen LogP contribution in [-0.4, -0.2) is 31.7 Å². The Morgan fingerprint density at radius 1 is 1.38 bits per heavy atom. The quantitative estimate of drug-likeness (QED) is 0.844. The smallest absolute Gasteiger partial charge is 0.411 e. The van der Waals surface area contributed by atoms with Gasteiger partial charge in [-0.2, -0.15) is 5.26 Å². The highest BCUT2D eigenvalue weighted by Gasteiger charge is 2.06. The highest BCUT2D eigenvalue weighted by atomic mass is 16.5. The van der Waals surface area contributed by atoms with Crippen LogP contribution in [0.4, 0.5) is 10.5 Å². The average Bonchev–Trinajstić information content (AvgIpc) is 2.43. The van der Waals surface area contributed by atoms with Crippen LogP contribution in [-0.2, 0) is 4.74 Å². The van der Waals surface area contributed by atoms with Gasteiger partial charge in [0.05, 0.1) is 12.2 Å². The summed E-state index contributed by atoms with van der Waals surface area (Å²) in [5, 5.41) is 11.8. The van der Waals surface area contributed by atoms with Crippen molar-refractivity contribution in [3.63, 3.8) is 0 Å². The second-order valence-electron chi connectivity index (χ2n) is 5.31. The molecule has 0 spiro atoms. The minimum Gasteiger partial charge on any atom is -0.449 e. The van der Waals surface area contributed by atoms with Crippen LogP contribution < -0.4 is 5.32 Å². The molecule has 0 bridgehead atoms. The van der Waals surface area contributed by atoms with Crippen molar-refractivity contribution in [3.05, 3.63) is 36.0 Å². The number of benzene rings is 1. The molecular formula is C16H21N3O2. The monoisotopic (exact) mass is 287 g/mol. The number of nitrogens with one attached hydrogen (secondary N) is 1. The first kappa shape index (κ1) is 16.6. The number of carbonyl (C=O) groups is 1. The molecule has 1 amide bonds. The lowest BCUT2D eigenvalue weighted by molar-refractivity contribution is 0.147. The number of hydrogen-bond donors (Lipinski definition) is 1. The van der Waals surface area contributed by atoms with E-state index < -0.39 is 6.09 Å². The summed E-state index contributed by atoms with van der Waals surface area (Å²) in [6, 6.07) is 9.21. The van der Waals surface area contributed by atoms with Gasteiger partial charge in [0.25, 0.3) is 0 Å². The Kier molecular flexibility index (Phi) is 6.28. The second-order valence-corrected chi connectivity index (χ2v) is 5.31. The van der Waals surface area contributed by atoms with Crippen LogP contribution in [0.25, 0.3) is 5.57 Å². The van der Waals surface area contributed by atoms with Gasteiger partial charge in [-0.1, -0.05) is 26.0 Å². The van der Waals surface area contributed by atoms with Crippen LogP contribution in [0.2, 0.25) is 0 Å². The number of amides is 1. The van der Waals surface area contributed by atoms with E-state index in [1.54, 1.807) is 30.5 Å². The van der Waals surface area contributed by atoms with E-state index in [4.69, 9.17) is 10.00 Å². The van der Waals surface area contributed by atoms with Crippen molar-refractivity contribution in [2.75, 3.05) is 26.0 Å². The molecule has 1 aromatic rings. The summed E-state index contributed by atoms with van der Waals surface area (Å²) in [5.74, 6) is 0.299. The standard InChI is InChI=1S/C16H21N3O2/c1-12(2)11-21-16(20)18-15-7-5-13(6-8-15)14(9-17)10-19(3)4/h5-8,10,12H,11H2,1-4H3,(H,18,20)/b14-10+. The molecule has 1 aromatic carbocycles. The lowest BCUT2D eigenvalue weighted by atomic mass is 10.1. The maximum atomic E-state index is 11.5. The topological polar surface area (TPSA) is 65.4 Å². The number of ether oxygens (including phenoxy) is 1. The Balaban J connectivity index is 2.70. The Labute approximate surface area is 125 Å². The molecule has 0 aromatic heterocycles. The predicted molar refractivity (Wildman–Crippen MR) is 83.5 cm³/mol. The summed E-state index contributed by atoms with van der Waals surface area (Å²) >= 11 is 0. The number of anilines is 1. The molecule has 5 heteroatoms. The van der Waals surface area contributed by atoms with Crippen molar-refractivity contribution in [2.24, 2.45) is 5.92 Å². The number of carbonyl (C=O) groups excluding carboxylic acids is 1. The van der Waals surface area contributed by atoms with Gasteiger partial charge in [0, 0.05) is 26.0 Å². The zero-order chi connectivity index (χ0) is 15.8. The fourth-order valence-electron chi connectivity index (χ4n) is 1.56. The second kappa shape index (κ2) is 7.95. The molecule has 0 saturated carbocycles. The first-order chi connectivity index (χ1) is 9.92. The predicted octanol–water partition coefficient (Wildman–Crippen LogP) is 3.32. The first-order valence-corrected chi connectivity index (χ1v) is 6.75. The number of nitriles is 1. The van der Waals surface area contributed by atoms with Gasteiger partial charge in [0.2, 0.25) is 0 Å². The highest BCUT2D eigenvalue weighted by molar-refractivity contribution is 5.85. The van der Waals surface area contributed by atoms with Crippen LogP contribution in [0.15, 0.2) is 30.5 Å². The van der Waals surface area contributed by atoms with Crippen LogP contribution in [0, 0.1) is 17.2 Å². The molecule has 0 aliphatic carbocycles. The molecular weight excluding hydrogens is 266 g/mol. The van der Waals surface area contributed by atoms with Gasteiger partial charge >= 0.3 is 6.09 Å². The van der Waals surface area contributed by atoms with Crippen LogP contribution in [0.3, 0.4) is 0 Å². The van der Waals surface area contributed by atoms with Gasteiger partial charge in [-0.3, -0.25) is 5.32 Å². The molecule has 5 nitrogen and oxygen atoms in total. The number of rotatable bonds is 5. The van der Waals surface area contributed by atoms with Crippen LogP contribution in [0.5, 0.6) is 0 Å². The van der Waals surface area contributed by atoms with Gasteiger partial charge in [-0.15, -0.1) is 0 Å². The van der Waals surface area contributed by atoms with Crippen molar-refractivity contribution >= 4 is 17.4 Å². The third-order valence-corrected chi connectivity index (χ3v) is 2.50. The van der Waals surface area contributed by atoms with E-state index in [9.17, 15) is 4.79 Å². The van der Waals surface area contributed by atoms with E-state index in [0.717, 1.165) is 5.56 Å². The third kappa shape index (κ3) is 6.00. The minimum absolute atomic E-state index is 0.299. The highest BCUT2D eigenvalue weighted by Crippen LogP contribution is 2.17. The van der Waals surface area contributed by atoms with Gasteiger partial charge in [-0.25, -0.2) is 4.79 Å². The molecule has 21 heavy (non-hydrogen) atoms. The summed E-state index contributed by atoms with van der Waals surface area (Å²) < 4.78 is 5.04. The molecule has 0 aliphatic rings. The van der Waals surface area contributed by atoms with Gasteiger partial charge in [0.15, 0.2) is 0 Å². The van der Waals surface area contributed by atoms with Gasteiger partial charge in [-0.05, 0) is 23.6 Å². The molecule has 0 unspecified atom stereocenters. The molecule has 0 atom stereocenters. The van der Waals surface area contributed by atoms with Crippen molar-refractivity contribution < 1.29 is 9.53 Å². The molecule has 112 valence electrons. The average molecular weight is 287 g/mol. The Morgan fingerprint density at radius 2 is 2.00 bits per heavy atom. The van der Waals surface area contributed by atoms with Crippen LogP contribution >= 0.6 is 0 Å². The lowest BCUT2D eigenvalue weighted by Gasteiger charge is -2.10. The van der Waals surface area contributed by atoms with Crippen molar-refractivity contribution in [3.8, 4) is 6.07 Å². The normalized spacial score (nSPS) is 11.0. The fourth-order valence-corrected chi connectivity index (χ4v) is 1.56. The SMILES string of the molecule is CC(C)COC(=O)Nc1ccc(/C(C#N)=C/N(C)C)cc1. The maximum Gasteiger partial charge on any atom is 0.411 e. The first-order valence-electron chi connectivity index (χ1n) is 6.75. The number of hydrogen-bond acceptors (Lipinski definition) is 4. The summed E-state index contributed by atoms with van der Waals surface area (Å²) in [4.78, 5) is 13.3. The van der Waals surface area contributed by atoms with Crippen molar-refractivity contribution in [2.45, 2.75) is 13.8 Å². The van der Waals surface area contributed by atoms with E-state index in [1.165, 1.54) is 0 Å². The Bertz CT molecular complexity index is 540. The van der Waals surface area contributed by atoms with E-state index in [-0.39, 0.29) is 0 Å². The number of allylic oxidation sites excluding steroid dienone is 1. The number of nitrogens with zero attached hydrogens (tertiary/aromatic N) is 2. The van der Waals surface area contributed by atoms with E-state index in [2.05, 4.69) is 11.4 Å². The largest absolute Gasteiger partial charge is 0.449 e. The van der Waals surface area contributed by atoms with Gasteiger partial charge < -0.3 is 9.64 Å². The van der Waals surface area contributed by atoms with Gasteiger partial charge in [0.1, 0.15) is 6.07 Å². The maximum absolute atomic E-state index is 11.5. The lowest BCUT2D eigenvalue weighted by Crippen LogP contribution is -2.16. The Morgan fingerprint density at radius 3 is 2.48 bits per heavy atom. The summed E-state index contributed by atoms with van der Waals surface area (Å²) in [7, 11) is 3.72. The summed E-state index contributed by atoms with van der Waals surface area (Å²) in [6.45, 7) is 4.33. The third-order valence-electron chi connectivity index (χ3n) is 2.50. The van der Waals surface area contributed by atoms with Crippen molar-refractivity contribution in [1.29, 1.82) is 5.26 Å². The minimum atomic E-state index is -0.471. The Hall–Kier alpha value is -2.48. The summed E-state index contributed by atoms with van der Waals surface area (Å²) in [5.41, 5.74) is 2.00. The van der Waals surface area contributed by atoms with E-state index in [0.29, 0.717) is 23.8 Å². The zero-order valence-corrected chi connectivity index (χ0v) is 12.9. The molecule has 0 saturated heterocycles. The molecule has 1 rings (SSSR count). The van der Waals surface area contributed by atoms with E-state index in [1.807, 2.05) is 32.8 Å². The molecule has 0 radical (unpaired) electrons. The van der Waals surface area contributed by atoms with E-state index >= 15 is 0 Å². The molecule has 1 N–H and O–H groups in total. The fraction of sp³-hybridized carbons (Fsp3) is 0.375. The molecule has 0 heterocycles. The molecule has 0 fully saturated rings. The summed E-state index contributed by atoms with van der Waals surface area (Å²) in [6.07, 6.45) is 1.28. The molecule has 0 aliphatic heterocycles. The van der Waals surface area contributed by atoms with Crippen LogP contribution in [0.1, 0.15) is 19.4 Å². The van der Waals surface area contributed by atoms with Crippen molar-refractivity contribution in [1.82, 2.24) is 4.90 Å². The zero-order valence-electron chi connectivity index (χ0n) is 12.9.